The van der Waals surface area contributed by atoms with Crippen molar-refractivity contribution in [1.29, 1.82) is 0 Å². The van der Waals surface area contributed by atoms with Crippen molar-refractivity contribution in [2.75, 3.05) is 25.5 Å². The van der Waals surface area contributed by atoms with Crippen LogP contribution in [-0.2, 0) is 16.8 Å². The molecule has 4 rings (SSSR count). The Morgan fingerprint density at radius 2 is 1.85 bits per heavy atom. The van der Waals surface area contributed by atoms with Gasteiger partial charge < -0.3 is 10.6 Å². The summed E-state index contributed by atoms with van der Waals surface area (Å²) in [6.07, 6.45) is 4.98. The average Bonchev–Trinajstić information content (AvgIpc) is 2.82. The van der Waals surface area contributed by atoms with Crippen molar-refractivity contribution in [2.45, 2.75) is 31.7 Å². The number of pyridine rings is 2. The van der Waals surface area contributed by atoms with Crippen LogP contribution in [0.5, 0.6) is 0 Å². The molecule has 1 fully saturated rings. The number of aromatic nitrogens is 2. The molecule has 1 saturated heterocycles. The van der Waals surface area contributed by atoms with E-state index in [1.807, 2.05) is 30.3 Å². The highest BCUT2D eigenvalue weighted by molar-refractivity contribution is 6.30. The van der Waals surface area contributed by atoms with E-state index in [0.29, 0.717) is 18.8 Å². The lowest BCUT2D eigenvalue weighted by atomic mass is 9.69. The lowest BCUT2D eigenvalue weighted by Gasteiger charge is -2.50. The van der Waals surface area contributed by atoms with Gasteiger partial charge in [-0.05, 0) is 40.8 Å². The van der Waals surface area contributed by atoms with Crippen LogP contribution in [0.15, 0.2) is 61.1 Å². The molecule has 3 heterocycles. The Hall–Kier alpha value is -3.29. The van der Waals surface area contributed by atoms with E-state index in [0.717, 1.165) is 23.2 Å². The maximum absolute atomic E-state index is 13.9. The van der Waals surface area contributed by atoms with Crippen molar-refractivity contribution in [3.8, 4) is 0 Å². The second kappa shape index (κ2) is 9.91. The molecule has 0 atom stereocenters. The smallest absolute Gasteiger partial charge is 0.253 e. The summed E-state index contributed by atoms with van der Waals surface area (Å²) >= 11 is 6.02. The molecule has 1 aromatic carbocycles. The van der Waals surface area contributed by atoms with E-state index in [1.54, 1.807) is 12.4 Å². The van der Waals surface area contributed by atoms with Crippen molar-refractivity contribution in [3.63, 3.8) is 0 Å². The van der Waals surface area contributed by atoms with E-state index in [2.05, 4.69) is 45.4 Å². The molecule has 0 radical (unpaired) electrons. The van der Waals surface area contributed by atoms with Crippen LogP contribution in [0.1, 0.15) is 46.8 Å². The van der Waals surface area contributed by atoms with E-state index in [4.69, 9.17) is 11.6 Å². The van der Waals surface area contributed by atoms with Gasteiger partial charge in [-0.2, -0.15) is 0 Å². The molecule has 8 heteroatoms. The van der Waals surface area contributed by atoms with Gasteiger partial charge in [0.05, 0.1) is 22.9 Å². The van der Waals surface area contributed by atoms with Crippen LogP contribution in [0.3, 0.4) is 0 Å². The molecule has 176 valence electrons. The summed E-state index contributed by atoms with van der Waals surface area (Å²) in [5.74, 6) is -0.251. The number of rotatable bonds is 7. The van der Waals surface area contributed by atoms with Crippen molar-refractivity contribution >= 4 is 29.1 Å². The van der Waals surface area contributed by atoms with Crippen LogP contribution in [0.4, 0.5) is 5.69 Å². The van der Waals surface area contributed by atoms with Gasteiger partial charge in [-0.3, -0.25) is 19.5 Å². The van der Waals surface area contributed by atoms with Crippen LogP contribution >= 0.6 is 11.6 Å². The topological polar surface area (TPSA) is 87.2 Å². The van der Waals surface area contributed by atoms with Crippen LogP contribution < -0.4 is 10.6 Å². The first-order valence-corrected chi connectivity index (χ1v) is 11.6. The molecular weight excluding hydrogens is 450 g/mol. The monoisotopic (exact) mass is 477 g/mol. The van der Waals surface area contributed by atoms with Gasteiger partial charge in [-0.15, -0.1) is 0 Å². The van der Waals surface area contributed by atoms with Crippen LogP contribution in [0.25, 0.3) is 0 Å². The van der Waals surface area contributed by atoms with Crippen molar-refractivity contribution in [3.05, 3.63) is 88.5 Å². The fourth-order valence-electron chi connectivity index (χ4n) is 4.54. The molecule has 0 bridgehead atoms. The van der Waals surface area contributed by atoms with Crippen molar-refractivity contribution < 1.29 is 9.59 Å². The summed E-state index contributed by atoms with van der Waals surface area (Å²) in [4.78, 5) is 36.7. The third-order valence-corrected chi connectivity index (χ3v) is 6.47. The number of likely N-dealkylation sites (tertiary alicyclic amines) is 1. The molecule has 0 aliphatic carbocycles. The van der Waals surface area contributed by atoms with E-state index < -0.39 is 5.41 Å². The molecular formula is C26H28ClN5O2. The second-order valence-electron chi connectivity index (χ2n) is 8.91. The van der Waals surface area contributed by atoms with E-state index in [9.17, 15) is 9.59 Å². The maximum atomic E-state index is 13.9. The highest BCUT2D eigenvalue weighted by atomic mass is 35.5. The molecule has 2 N–H and O–H groups in total. The van der Waals surface area contributed by atoms with Crippen LogP contribution in [0.2, 0.25) is 5.15 Å². The summed E-state index contributed by atoms with van der Waals surface area (Å²) in [6, 6.07) is 13.5. The summed E-state index contributed by atoms with van der Waals surface area (Å²) in [7, 11) is 1.53. The number of carbonyl (C=O) groups is 2. The van der Waals surface area contributed by atoms with Gasteiger partial charge in [-0.25, -0.2) is 4.98 Å². The van der Waals surface area contributed by atoms with E-state index in [-0.39, 0.29) is 28.4 Å². The normalized spacial score (nSPS) is 15.0. The van der Waals surface area contributed by atoms with Gasteiger partial charge in [0.15, 0.2) is 0 Å². The Morgan fingerprint density at radius 1 is 1.15 bits per heavy atom. The minimum Gasteiger partial charge on any atom is -0.355 e. The summed E-state index contributed by atoms with van der Waals surface area (Å²) < 4.78 is 0. The number of amides is 2. The molecule has 2 amide bonds. The second-order valence-corrected chi connectivity index (χ2v) is 9.30. The van der Waals surface area contributed by atoms with E-state index in [1.165, 1.54) is 19.3 Å². The number of benzene rings is 1. The molecule has 34 heavy (non-hydrogen) atoms. The van der Waals surface area contributed by atoms with Gasteiger partial charge in [0, 0.05) is 39.1 Å². The van der Waals surface area contributed by atoms with Crippen LogP contribution in [0, 0.1) is 0 Å². The lowest BCUT2D eigenvalue weighted by molar-refractivity contribution is -0.128. The number of hydrogen-bond acceptors (Lipinski definition) is 5. The molecule has 7 nitrogen and oxygen atoms in total. The zero-order chi connectivity index (χ0) is 24.3. The molecule has 2 aromatic heterocycles. The SMILES string of the molecule is CNC(=O)c1cc(Cl)ncc1NC(=O)C1(c2ccccc2C(C)C)CN(Cc2ccncc2)C1. The zero-order valence-corrected chi connectivity index (χ0v) is 20.3. The molecule has 1 aliphatic rings. The van der Waals surface area contributed by atoms with Crippen molar-refractivity contribution in [1.82, 2.24) is 20.2 Å². The third-order valence-electron chi connectivity index (χ3n) is 6.27. The Morgan fingerprint density at radius 3 is 2.53 bits per heavy atom. The molecule has 3 aromatic rings. The molecule has 0 saturated carbocycles. The van der Waals surface area contributed by atoms with Crippen molar-refractivity contribution in [2.24, 2.45) is 0 Å². The standard InChI is InChI=1S/C26H28ClN5O2/c1-17(2)19-6-4-5-7-21(19)26(15-32(16-26)14-18-8-10-29-11-9-18)25(34)31-22-13-30-23(27)12-20(22)24(33)28-3/h4-13,17H,14-16H2,1-3H3,(H,28,33)(H,31,34). The Bertz CT molecular complexity index is 1190. The Balaban J connectivity index is 1.68. The first-order chi connectivity index (χ1) is 16.3. The average molecular weight is 478 g/mol. The number of carbonyl (C=O) groups excluding carboxylic acids is 2. The zero-order valence-electron chi connectivity index (χ0n) is 19.5. The quantitative estimate of drug-likeness (QED) is 0.502. The van der Waals surface area contributed by atoms with Gasteiger partial charge in [0.1, 0.15) is 5.15 Å². The molecule has 0 unspecified atom stereocenters. The van der Waals surface area contributed by atoms with Gasteiger partial charge in [0.2, 0.25) is 5.91 Å². The number of hydrogen-bond donors (Lipinski definition) is 2. The highest BCUT2D eigenvalue weighted by Gasteiger charge is 2.51. The lowest BCUT2D eigenvalue weighted by Crippen LogP contribution is -2.64. The number of anilines is 1. The van der Waals surface area contributed by atoms with Gasteiger partial charge in [-0.1, -0.05) is 49.7 Å². The summed E-state index contributed by atoms with van der Waals surface area (Å²) in [6.45, 7) is 6.10. The number of nitrogens with zero attached hydrogens (tertiary/aromatic N) is 3. The summed E-state index contributed by atoms with van der Waals surface area (Å²) in [5.41, 5.74) is 3.15. The molecule has 1 aliphatic heterocycles. The van der Waals surface area contributed by atoms with E-state index >= 15 is 0 Å². The van der Waals surface area contributed by atoms with Gasteiger partial charge >= 0.3 is 0 Å². The maximum Gasteiger partial charge on any atom is 0.253 e. The largest absolute Gasteiger partial charge is 0.355 e. The van der Waals surface area contributed by atoms with Crippen LogP contribution in [-0.4, -0.2) is 46.8 Å². The number of nitrogens with one attached hydrogen (secondary N) is 2. The third kappa shape index (κ3) is 4.67. The predicted molar refractivity (Wildman–Crippen MR) is 133 cm³/mol. The fourth-order valence-corrected chi connectivity index (χ4v) is 4.70. The first kappa shape index (κ1) is 23.9. The Labute approximate surface area is 204 Å². The van der Waals surface area contributed by atoms with Gasteiger partial charge in [0.25, 0.3) is 5.91 Å². The highest BCUT2D eigenvalue weighted by Crippen LogP contribution is 2.40. The summed E-state index contributed by atoms with van der Waals surface area (Å²) in [5, 5.41) is 5.76. The Kier molecular flexibility index (Phi) is 6.95. The fraction of sp³-hybridized carbons (Fsp3) is 0.308. The molecule has 0 spiro atoms. The minimum absolute atomic E-state index is 0.166. The first-order valence-electron chi connectivity index (χ1n) is 11.2. The minimum atomic E-state index is -0.756. The predicted octanol–water partition coefficient (Wildman–Crippen LogP) is 4.01. The number of halogens is 1.